The summed E-state index contributed by atoms with van der Waals surface area (Å²) in [6, 6.07) is 45.2. The molecule has 8 atom stereocenters. The molecule has 12 rings (SSSR count). The minimum absolute atomic E-state index is 0.0201. The molecule has 0 bridgehead atoms. The van der Waals surface area contributed by atoms with Crippen LogP contribution in [0.5, 0.6) is 0 Å². The smallest absolute Gasteiger partial charge is 0.261 e. The third-order valence-corrected chi connectivity index (χ3v) is 21.9. The van der Waals surface area contributed by atoms with Gasteiger partial charge in [-0.1, -0.05) is 144 Å². The van der Waals surface area contributed by atoms with Crippen LogP contribution in [0.15, 0.2) is 146 Å². The van der Waals surface area contributed by atoms with Crippen LogP contribution in [0.25, 0.3) is 22.1 Å². The maximum absolute atomic E-state index is 9.60. The molecule has 4 aromatic carbocycles. The van der Waals surface area contributed by atoms with Crippen molar-refractivity contribution in [2.75, 3.05) is 23.8 Å². The van der Waals surface area contributed by atoms with Crippen molar-refractivity contribution in [1.82, 2.24) is 29.1 Å². The second-order valence-electron chi connectivity index (χ2n) is 22.1. The van der Waals surface area contributed by atoms with Gasteiger partial charge in [0.1, 0.15) is 35.6 Å². The van der Waals surface area contributed by atoms with Crippen LogP contribution in [-0.2, 0) is 17.3 Å². The van der Waals surface area contributed by atoms with Crippen molar-refractivity contribution in [3.05, 3.63) is 169 Å². The zero-order chi connectivity index (χ0) is 48.7. The molecule has 10 nitrogen and oxygen atoms in total. The summed E-state index contributed by atoms with van der Waals surface area (Å²) in [6.07, 6.45) is 16.5. The van der Waals surface area contributed by atoms with Crippen LogP contribution in [0, 0.1) is 23.7 Å². The number of hydrogen-bond donors (Lipinski definition) is 3. The van der Waals surface area contributed by atoms with E-state index in [1.807, 2.05) is 0 Å². The Balaban J connectivity index is 0.000000173. The normalized spacial score (nSPS) is 23.9. The second-order valence-corrected chi connectivity index (χ2v) is 26.4. The molecule has 2 saturated carbocycles. The van der Waals surface area contributed by atoms with Crippen molar-refractivity contribution in [1.29, 1.82) is 0 Å². The summed E-state index contributed by atoms with van der Waals surface area (Å²) in [4.78, 5) is 18.6. The first-order valence-corrected chi connectivity index (χ1v) is 28.2. The number of hydrogen-bond acceptors (Lipinski definition) is 8. The number of aryl methyl sites for hydroxylation is 2. The molecule has 0 amide bonds. The summed E-state index contributed by atoms with van der Waals surface area (Å²) in [5, 5.41) is 21.9. The van der Waals surface area contributed by atoms with Gasteiger partial charge >= 0.3 is 0 Å². The largest absolute Gasteiger partial charge is 0.407 e. The Bertz CT molecular complexity index is 3050. The van der Waals surface area contributed by atoms with E-state index in [0.717, 1.165) is 91.7 Å². The molecular formula is C60H70N8O2Si. The topological polar surface area (TPSA) is 115 Å². The highest BCUT2D eigenvalue weighted by atomic mass is 28.4. The van der Waals surface area contributed by atoms with Crippen molar-refractivity contribution in [2.24, 2.45) is 23.7 Å². The molecule has 4 aromatic heterocycles. The first-order valence-electron chi connectivity index (χ1n) is 26.3. The summed E-state index contributed by atoms with van der Waals surface area (Å²) in [7, 11) is -2.56. The number of aliphatic hydroxyl groups excluding tert-OH is 1. The number of benzene rings is 4. The zero-order valence-electron chi connectivity index (χ0n) is 42.1. The first-order chi connectivity index (χ1) is 34.6. The fourth-order valence-electron chi connectivity index (χ4n) is 13.0. The minimum atomic E-state index is -2.56. The highest BCUT2D eigenvalue weighted by Crippen LogP contribution is 2.45. The van der Waals surface area contributed by atoms with Gasteiger partial charge in [-0.05, 0) is 125 Å². The first kappa shape index (κ1) is 47.2. The average Bonchev–Trinajstić information content (AvgIpc) is 4.27. The van der Waals surface area contributed by atoms with Crippen molar-refractivity contribution in [3.63, 3.8) is 0 Å². The van der Waals surface area contributed by atoms with Crippen molar-refractivity contribution in [3.8, 4) is 0 Å². The SMILES string of the molecule is CC1C[C@H](n2ccc3c(NC4CCc5ccccc54)ncnc32)C[C@H]1CO.CC1C[C@H](n2ccc3c(NC4CCc5ccccc54)ncnc32)C[C@H]1CO[Si](c1ccccc1)(c1ccccc1)C(C)(C)C. The lowest BCUT2D eigenvalue weighted by atomic mass is 10.00. The highest BCUT2D eigenvalue weighted by Gasteiger charge is 2.51. The predicted octanol–water partition coefficient (Wildman–Crippen LogP) is 11.8. The van der Waals surface area contributed by atoms with Crippen LogP contribution in [0.4, 0.5) is 11.6 Å². The molecule has 4 heterocycles. The molecule has 4 unspecified atom stereocenters. The number of fused-ring (bicyclic) bond motifs is 4. The molecule has 8 aromatic rings. The Labute approximate surface area is 420 Å². The van der Waals surface area contributed by atoms with Gasteiger partial charge in [-0.25, -0.2) is 19.9 Å². The van der Waals surface area contributed by atoms with Crippen LogP contribution in [0.2, 0.25) is 5.04 Å². The maximum Gasteiger partial charge on any atom is 0.261 e. The molecule has 3 N–H and O–H groups in total. The molecule has 4 aliphatic rings. The number of rotatable bonds is 12. The molecule has 0 aliphatic heterocycles. The predicted molar refractivity (Wildman–Crippen MR) is 290 cm³/mol. The minimum Gasteiger partial charge on any atom is -0.407 e. The highest BCUT2D eigenvalue weighted by molar-refractivity contribution is 6.99. The molecule has 366 valence electrons. The van der Waals surface area contributed by atoms with E-state index in [9.17, 15) is 5.11 Å². The van der Waals surface area contributed by atoms with Crippen molar-refractivity contribution in [2.45, 2.75) is 115 Å². The second kappa shape index (κ2) is 19.8. The lowest BCUT2D eigenvalue weighted by Crippen LogP contribution is -2.67. The summed E-state index contributed by atoms with van der Waals surface area (Å²) in [5.41, 5.74) is 7.69. The monoisotopic (exact) mass is 963 g/mol. The van der Waals surface area contributed by atoms with E-state index in [1.165, 1.54) is 32.6 Å². The van der Waals surface area contributed by atoms with Crippen LogP contribution in [-0.4, -0.2) is 55.7 Å². The van der Waals surface area contributed by atoms with Crippen LogP contribution in [0.1, 0.15) is 120 Å². The van der Waals surface area contributed by atoms with Crippen molar-refractivity contribution < 1.29 is 9.53 Å². The van der Waals surface area contributed by atoms with Gasteiger partial charge in [-0.2, -0.15) is 0 Å². The molecule has 11 heteroatoms. The summed E-state index contributed by atoms with van der Waals surface area (Å²) < 4.78 is 12.1. The van der Waals surface area contributed by atoms with Gasteiger partial charge < -0.3 is 29.3 Å². The van der Waals surface area contributed by atoms with Crippen LogP contribution in [0.3, 0.4) is 0 Å². The summed E-state index contributed by atoms with van der Waals surface area (Å²) in [5.74, 6) is 3.84. The molecule has 2 fully saturated rings. The Morgan fingerprint density at radius 1 is 0.577 bits per heavy atom. The molecule has 71 heavy (non-hydrogen) atoms. The Hall–Kier alpha value is -6.14. The number of nitrogens with one attached hydrogen (secondary N) is 2. The Kier molecular flexibility index (Phi) is 13.2. The van der Waals surface area contributed by atoms with Crippen molar-refractivity contribution >= 4 is 52.4 Å². The van der Waals surface area contributed by atoms with Crippen LogP contribution >= 0.6 is 0 Å². The fraction of sp³-hybridized carbons (Fsp3) is 0.400. The lowest BCUT2D eigenvalue weighted by molar-refractivity contribution is 0.200. The molecular weight excluding hydrogens is 893 g/mol. The Morgan fingerprint density at radius 2 is 1.03 bits per heavy atom. The molecule has 0 radical (unpaired) electrons. The third-order valence-electron chi connectivity index (χ3n) is 16.9. The van der Waals surface area contributed by atoms with E-state index in [1.54, 1.807) is 12.7 Å². The van der Waals surface area contributed by atoms with E-state index in [4.69, 9.17) is 14.4 Å². The lowest BCUT2D eigenvalue weighted by Gasteiger charge is -2.43. The van der Waals surface area contributed by atoms with Gasteiger partial charge in [0.15, 0.2) is 0 Å². The average molecular weight is 963 g/mol. The quantitative estimate of drug-likeness (QED) is 0.104. The van der Waals surface area contributed by atoms with E-state index in [2.05, 4.69) is 198 Å². The third kappa shape index (κ3) is 8.99. The van der Waals surface area contributed by atoms with E-state index in [0.29, 0.717) is 47.8 Å². The summed E-state index contributed by atoms with van der Waals surface area (Å²) >= 11 is 0. The van der Waals surface area contributed by atoms with E-state index >= 15 is 0 Å². The zero-order valence-corrected chi connectivity index (χ0v) is 43.1. The van der Waals surface area contributed by atoms with Crippen LogP contribution < -0.4 is 21.0 Å². The number of anilines is 2. The van der Waals surface area contributed by atoms with Gasteiger partial charge in [0.25, 0.3) is 8.32 Å². The Morgan fingerprint density at radius 3 is 1.49 bits per heavy atom. The van der Waals surface area contributed by atoms with Gasteiger partial charge in [0.05, 0.1) is 22.9 Å². The number of aliphatic hydroxyl groups is 1. The fourth-order valence-corrected chi connectivity index (χ4v) is 17.7. The van der Waals surface area contributed by atoms with E-state index in [-0.39, 0.29) is 11.6 Å². The number of aromatic nitrogens is 6. The molecule has 0 saturated heterocycles. The summed E-state index contributed by atoms with van der Waals surface area (Å²) in [6.45, 7) is 12.8. The van der Waals surface area contributed by atoms with Gasteiger partial charge in [0.2, 0.25) is 0 Å². The van der Waals surface area contributed by atoms with Gasteiger partial charge in [0, 0.05) is 37.7 Å². The van der Waals surface area contributed by atoms with E-state index < -0.39 is 8.32 Å². The maximum atomic E-state index is 9.60. The standard InChI is InChI=1S/C38H44N4OSi.C22H26N4O/c1-27-23-30(42-22-21-34-36(39-26-40-37(34)42)41-35-20-19-28-13-11-12-18-33(28)35)24-29(27)25-43-44(38(2,3)4,31-14-7-5-8-15-31)32-16-9-6-10-17-32;1-14-10-17(11-16(14)12-27)26-9-8-19-21(23-13-24-22(19)26)25-20-7-6-15-4-2-3-5-18(15)20/h5-18,21-22,26-27,29-30,35H,19-20,23-25H2,1-4H3,(H,39,40,41);2-5,8-9,13-14,16-17,20,27H,6-7,10-12H2,1H3,(H,23,24,25)/t27?,29-,30-,35?;14?,16-,17-,20?/m00/s1. The van der Waals surface area contributed by atoms with Gasteiger partial charge in [-0.15, -0.1) is 0 Å². The molecule has 4 aliphatic carbocycles. The molecule has 0 spiro atoms. The number of nitrogens with zero attached hydrogens (tertiary/aromatic N) is 6. The van der Waals surface area contributed by atoms with Gasteiger partial charge in [-0.3, -0.25) is 0 Å².